The van der Waals surface area contributed by atoms with Crippen LogP contribution in [0.15, 0.2) is 18.5 Å². The van der Waals surface area contributed by atoms with Crippen LogP contribution in [0, 0.1) is 5.41 Å². The molecule has 1 aromatic rings. The first-order chi connectivity index (χ1) is 6.73. The zero-order valence-electron chi connectivity index (χ0n) is 8.44. The Bertz CT molecular complexity index is 360. The van der Waals surface area contributed by atoms with E-state index < -0.39 is 0 Å². The van der Waals surface area contributed by atoms with Crippen molar-refractivity contribution in [3.8, 4) is 0 Å². The van der Waals surface area contributed by atoms with Crippen molar-refractivity contribution in [2.24, 2.45) is 5.41 Å². The van der Waals surface area contributed by atoms with Crippen molar-refractivity contribution in [2.75, 3.05) is 0 Å². The molecule has 0 saturated carbocycles. The quantitative estimate of drug-likeness (QED) is 0.677. The second-order valence-corrected chi connectivity index (χ2v) is 3.76. The summed E-state index contributed by atoms with van der Waals surface area (Å²) >= 11 is 0. The molecule has 1 heterocycles. The van der Waals surface area contributed by atoms with Gasteiger partial charge in [-0.3, -0.25) is 0 Å². The Morgan fingerprint density at radius 3 is 2.64 bits per heavy atom. The van der Waals surface area contributed by atoms with E-state index in [4.69, 9.17) is 0 Å². The van der Waals surface area contributed by atoms with Crippen LogP contribution in [-0.2, 0) is 0 Å². The summed E-state index contributed by atoms with van der Waals surface area (Å²) in [6, 6.07) is 0. The lowest BCUT2D eigenvalue weighted by Crippen LogP contribution is -2.05. The van der Waals surface area contributed by atoms with E-state index in [0.717, 1.165) is 17.8 Å². The fourth-order valence-electron chi connectivity index (χ4n) is 1.37. The van der Waals surface area contributed by atoms with Crippen LogP contribution in [0.25, 0.3) is 12.2 Å². The second-order valence-electron chi connectivity index (χ2n) is 3.76. The van der Waals surface area contributed by atoms with Gasteiger partial charge in [0.05, 0.1) is 5.69 Å². The van der Waals surface area contributed by atoms with Gasteiger partial charge in [-0.2, -0.15) is 0 Å². The van der Waals surface area contributed by atoms with E-state index in [1.165, 1.54) is 6.33 Å². The number of hydrogen-bond acceptors (Lipinski definition) is 3. The maximum Gasteiger partial charge on any atom is 0.138 e. The average Bonchev–Trinajstić information content (AvgIpc) is 2.40. The lowest BCUT2D eigenvalue weighted by atomic mass is 9.87. The van der Waals surface area contributed by atoms with E-state index in [1.807, 2.05) is 12.2 Å². The van der Waals surface area contributed by atoms with Gasteiger partial charge < -0.3 is 0 Å². The minimum absolute atomic E-state index is 0.113. The third kappa shape index (κ3) is 1.58. The largest absolute Gasteiger partial charge is 0.233 e. The number of fused-ring (bicyclic) bond motifs is 1. The van der Waals surface area contributed by atoms with Crippen LogP contribution in [0.2, 0.25) is 0 Å². The van der Waals surface area contributed by atoms with Crippen molar-refractivity contribution >= 4 is 12.2 Å². The summed E-state index contributed by atoms with van der Waals surface area (Å²) in [5.74, 6) is 0. The maximum absolute atomic E-state index is 4.17. The summed E-state index contributed by atoms with van der Waals surface area (Å²) in [6.45, 7) is 4.36. The summed E-state index contributed by atoms with van der Waals surface area (Å²) in [6.07, 6.45) is 10.9. The molecule has 2 rings (SSSR count). The molecule has 0 spiro atoms. The van der Waals surface area contributed by atoms with Crippen molar-refractivity contribution in [3.05, 3.63) is 29.9 Å². The maximum atomic E-state index is 4.17. The van der Waals surface area contributed by atoms with Gasteiger partial charge in [-0.25, -0.2) is 4.98 Å². The monoisotopic (exact) mass is 187 g/mol. The zero-order valence-corrected chi connectivity index (χ0v) is 8.44. The Kier molecular flexibility index (Phi) is 2.15. The highest BCUT2D eigenvalue weighted by molar-refractivity contribution is 5.62. The van der Waals surface area contributed by atoms with Crippen molar-refractivity contribution in [3.63, 3.8) is 0 Å². The smallest absolute Gasteiger partial charge is 0.138 e. The molecule has 3 nitrogen and oxygen atoms in total. The standard InChI is InChI=1S/C11H13N3/c1-3-11(2)6-4-9-10(5-7-11)14-13-8-12-9/h4-8H,3H2,1-2H3. The molecule has 0 aromatic carbocycles. The normalized spacial score (nSPS) is 24.4. The molecular formula is C11H13N3. The van der Waals surface area contributed by atoms with Gasteiger partial charge in [-0.05, 0) is 18.6 Å². The third-order valence-electron chi connectivity index (χ3n) is 2.68. The second kappa shape index (κ2) is 3.33. The molecule has 0 bridgehead atoms. The van der Waals surface area contributed by atoms with Gasteiger partial charge in [-0.1, -0.05) is 26.0 Å². The van der Waals surface area contributed by atoms with E-state index in [1.54, 1.807) is 0 Å². The van der Waals surface area contributed by atoms with E-state index in [-0.39, 0.29) is 5.41 Å². The van der Waals surface area contributed by atoms with Gasteiger partial charge in [0.2, 0.25) is 0 Å². The van der Waals surface area contributed by atoms with Crippen molar-refractivity contribution in [1.82, 2.24) is 15.2 Å². The average molecular weight is 187 g/mol. The molecule has 0 saturated heterocycles. The number of nitrogens with zero attached hydrogens (tertiary/aromatic N) is 3. The number of hydrogen-bond donors (Lipinski definition) is 0. The summed E-state index contributed by atoms with van der Waals surface area (Å²) in [7, 11) is 0. The Morgan fingerprint density at radius 2 is 1.93 bits per heavy atom. The van der Waals surface area contributed by atoms with E-state index >= 15 is 0 Å². The first-order valence-electron chi connectivity index (χ1n) is 4.80. The molecule has 0 N–H and O–H groups in total. The van der Waals surface area contributed by atoms with Crippen LogP contribution in [-0.4, -0.2) is 15.2 Å². The molecule has 0 fully saturated rings. The van der Waals surface area contributed by atoms with E-state index in [9.17, 15) is 0 Å². The molecule has 3 heteroatoms. The summed E-state index contributed by atoms with van der Waals surface area (Å²) < 4.78 is 0. The van der Waals surface area contributed by atoms with Crippen molar-refractivity contribution < 1.29 is 0 Å². The fourth-order valence-corrected chi connectivity index (χ4v) is 1.37. The number of allylic oxidation sites excluding steroid dienone is 2. The Balaban J connectivity index is 2.47. The van der Waals surface area contributed by atoms with Gasteiger partial charge in [0, 0.05) is 5.41 Å². The third-order valence-corrected chi connectivity index (χ3v) is 2.68. The molecule has 0 amide bonds. The Morgan fingerprint density at radius 1 is 1.21 bits per heavy atom. The molecule has 72 valence electrons. The molecule has 1 unspecified atom stereocenters. The lowest BCUT2D eigenvalue weighted by Gasteiger charge is -2.17. The van der Waals surface area contributed by atoms with E-state index in [0.29, 0.717) is 0 Å². The lowest BCUT2D eigenvalue weighted by molar-refractivity contribution is 0.536. The van der Waals surface area contributed by atoms with Crippen LogP contribution in [0.1, 0.15) is 31.7 Å². The van der Waals surface area contributed by atoms with Crippen molar-refractivity contribution in [1.29, 1.82) is 0 Å². The summed E-state index contributed by atoms with van der Waals surface area (Å²) in [5.41, 5.74) is 1.86. The number of aromatic nitrogens is 3. The predicted molar refractivity (Wildman–Crippen MR) is 56.3 cm³/mol. The first kappa shape index (κ1) is 9.06. The molecule has 1 aliphatic carbocycles. The van der Waals surface area contributed by atoms with Gasteiger partial charge >= 0.3 is 0 Å². The van der Waals surface area contributed by atoms with Gasteiger partial charge in [0.25, 0.3) is 0 Å². The first-order valence-corrected chi connectivity index (χ1v) is 4.80. The van der Waals surface area contributed by atoms with Crippen LogP contribution in [0.3, 0.4) is 0 Å². The molecule has 1 aromatic heterocycles. The molecule has 1 aliphatic rings. The van der Waals surface area contributed by atoms with Gasteiger partial charge in [0.15, 0.2) is 0 Å². The Hall–Kier alpha value is -1.51. The van der Waals surface area contributed by atoms with Crippen molar-refractivity contribution in [2.45, 2.75) is 20.3 Å². The molecular weight excluding hydrogens is 174 g/mol. The summed E-state index contributed by atoms with van der Waals surface area (Å²) in [5, 5.41) is 7.80. The topological polar surface area (TPSA) is 38.7 Å². The highest BCUT2D eigenvalue weighted by Crippen LogP contribution is 2.29. The van der Waals surface area contributed by atoms with Crippen LogP contribution in [0.5, 0.6) is 0 Å². The fraction of sp³-hybridized carbons (Fsp3) is 0.364. The van der Waals surface area contributed by atoms with Crippen LogP contribution < -0.4 is 0 Å². The highest BCUT2D eigenvalue weighted by Gasteiger charge is 2.17. The minimum atomic E-state index is 0.113. The molecule has 1 atom stereocenters. The van der Waals surface area contributed by atoms with Crippen LogP contribution >= 0.6 is 0 Å². The molecule has 14 heavy (non-hydrogen) atoms. The number of rotatable bonds is 1. The predicted octanol–water partition coefficient (Wildman–Crippen LogP) is 2.33. The highest BCUT2D eigenvalue weighted by atomic mass is 15.1. The van der Waals surface area contributed by atoms with E-state index in [2.05, 4.69) is 41.2 Å². The van der Waals surface area contributed by atoms with Gasteiger partial charge in [-0.15, -0.1) is 10.2 Å². The SMILES string of the molecule is CCC1(C)C=Cc2ncnnc2C=C1. The zero-order chi connectivity index (χ0) is 10.0. The summed E-state index contributed by atoms with van der Waals surface area (Å²) in [4.78, 5) is 4.17. The Labute approximate surface area is 83.6 Å². The molecule has 0 aliphatic heterocycles. The van der Waals surface area contributed by atoms with Crippen LogP contribution in [0.4, 0.5) is 0 Å². The minimum Gasteiger partial charge on any atom is -0.233 e. The van der Waals surface area contributed by atoms with Gasteiger partial charge in [0.1, 0.15) is 12.0 Å². The molecule has 0 radical (unpaired) electrons.